The fourth-order valence-electron chi connectivity index (χ4n) is 3.09. The molecule has 0 unspecified atom stereocenters. The number of nitrogens with two attached hydrogens (primary N) is 1. The van der Waals surface area contributed by atoms with Crippen molar-refractivity contribution in [1.82, 2.24) is 4.57 Å². The zero-order valence-corrected chi connectivity index (χ0v) is 19.9. The first-order chi connectivity index (χ1) is 15.7. The summed E-state index contributed by atoms with van der Waals surface area (Å²) in [5, 5.41) is 5.24. The van der Waals surface area contributed by atoms with Crippen LogP contribution < -0.4 is 19.4 Å². The number of esters is 1. The van der Waals surface area contributed by atoms with Crippen molar-refractivity contribution in [1.29, 1.82) is 0 Å². The molecule has 1 aromatic heterocycles. The monoisotopic (exact) mass is 493 g/mol. The van der Waals surface area contributed by atoms with Crippen molar-refractivity contribution in [3.8, 4) is 11.5 Å². The van der Waals surface area contributed by atoms with Gasteiger partial charge in [0.05, 0.1) is 47.9 Å². The van der Waals surface area contributed by atoms with Gasteiger partial charge in [0, 0.05) is 12.6 Å². The van der Waals surface area contributed by atoms with Crippen molar-refractivity contribution in [2.24, 2.45) is 10.1 Å². The summed E-state index contributed by atoms with van der Waals surface area (Å²) in [4.78, 5) is 29.3. The second-order valence-electron chi connectivity index (χ2n) is 6.75. The molecule has 1 heterocycles. The molecule has 0 aliphatic heterocycles. The molecule has 0 saturated heterocycles. The fraction of sp³-hybridized carbons (Fsp3) is 0.286. The first kappa shape index (κ1) is 24.4. The smallest absolute Gasteiger partial charge is 0.307 e. The van der Waals surface area contributed by atoms with Gasteiger partial charge >= 0.3 is 5.97 Å². The van der Waals surface area contributed by atoms with Gasteiger partial charge in [-0.2, -0.15) is 4.99 Å². The Balaban J connectivity index is 2.13. The second kappa shape index (κ2) is 10.1. The summed E-state index contributed by atoms with van der Waals surface area (Å²) >= 11 is 1.10. The third kappa shape index (κ3) is 5.59. The minimum absolute atomic E-state index is 0.0455. The Morgan fingerprint density at radius 3 is 2.52 bits per heavy atom. The van der Waals surface area contributed by atoms with Crippen LogP contribution in [0, 0.1) is 0 Å². The molecule has 1 amide bonds. The zero-order valence-electron chi connectivity index (χ0n) is 18.2. The molecule has 0 saturated carbocycles. The largest absolute Gasteiger partial charge is 0.497 e. The lowest BCUT2D eigenvalue weighted by molar-refractivity contribution is -0.143. The Labute approximate surface area is 194 Å². The van der Waals surface area contributed by atoms with E-state index in [0.717, 1.165) is 11.3 Å². The van der Waals surface area contributed by atoms with Crippen LogP contribution in [0.4, 0.5) is 0 Å². The van der Waals surface area contributed by atoms with Gasteiger partial charge in [-0.05, 0) is 37.3 Å². The van der Waals surface area contributed by atoms with Gasteiger partial charge in [0.2, 0.25) is 10.0 Å². The summed E-state index contributed by atoms with van der Waals surface area (Å²) in [7, 11) is -0.985. The molecule has 176 valence electrons. The van der Waals surface area contributed by atoms with Crippen LogP contribution in [-0.4, -0.2) is 45.7 Å². The van der Waals surface area contributed by atoms with E-state index in [2.05, 4.69) is 4.99 Å². The topological polar surface area (TPSA) is 139 Å². The van der Waals surface area contributed by atoms with Crippen molar-refractivity contribution in [2.75, 3.05) is 20.8 Å². The minimum Gasteiger partial charge on any atom is -0.497 e. The van der Waals surface area contributed by atoms with Gasteiger partial charge in [0.1, 0.15) is 11.5 Å². The third-order valence-electron chi connectivity index (χ3n) is 4.66. The van der Waals surface area contributed by atoms with E-state index in [9.17, 15) is 18.0 Å². The molecule has 0 radical (unpaired) electrons. The van der Waals surface area contributed by atoms with Crippen LogP contribution in [-0.2, 0) is 26.1 Å². The Morgan fingerprint density at radius 1 is 1.12 bits per heavy atom. The summed E-state index contributed by atoms with van der Waals surface area (Å²) in [6.07, 6.45) is 0.0455. The number of aromatic nitrogens is 1. The van der Waals surface area contributed by atoms with Crippen molar-refractivity contribution in [3.05, 3.63) is 46.8 Å². The summed E-state index contributed by atoms with van der Waals surface area (Å²) in [6.45, 7) is 2.14. The highest BCUT2D eigenvalue weighted by Crippen LogP contribution is 2.26. The summed E-state index contributed by atoms with van der Waals surface area (Å²) in [5.41, 5.74) is 0.822. The molecule has 0 aliphatic carbocycles. The van der Waals surface area contributed by atoms with Gasteiger partial charge in [-0.1, -0.05) is 11.3 Å². The number of carbonyl (C=O) groups is 2. The van der Waals surface area contributed by atoms with Crippen LogP contribution in [0.5, 0.6) is 11.5 Å². The molecular weight excluding hydrogens is 470 g/mol. The Hall–Kier alpha value is -3.22. The van der Waals surface area contributed by atoms with Gasteiger partial charge in [-0.3, -0.25) is 9.59 Å². The maximum atomic E-state index is 13.0. The Kier molecular flexibility index (Phi) is 7.51. The summed E-state index contributed by atoms with van der Waals surface area (Å²) in [5.74, 6) is -0.165. The maximum Gasteiger partial charge on any atom is 0.307 e. The Morgan fingerprint density at radius 2 is 1.88 bits per heavy atom. The SMILES string of the molecule is CCOC(=O)CCn1c(=NC(=O)c2ccc(OC)cc2OC)sc2cc(S(N)(=O)=O)ccc21. The predicted molar refractivity (Wildman–Crippen MR) is 122 cm³/mol. The molecule has 0 fully saturated rings. The number of aryl methyl sites for hydroxylation is 1. The predicted octanol–water partition coefficient (Wildman–Crippen LogP) is 2.06. The molecule has 3 rings (SSSR count). The van der Waals surface area contributed by atoms with Gasteiger partial charge in [-0.25, -0.2) is 13.6 Å². The van der Waals surface area contributed by atoms with Gasteiger partial charge in [-0.15, -0.1) is 0 Å². The molecule has 0 atom stereocenters. The average Bonchev–Trinajstić information content (AvgIpc) is 3.12. The molecule has 10 nitrogen and oxygen atoms in total. The molecule has 2 N–H and O–H groups in total. The maximum absolute atomic E-state index is 13.0. The van der Waals surface area contributed by atoms with Crippen LogP contribution in [0.1, 0.15) is 23.7 Å². The lowest BCUT2D eigenvalue weighted by Gasteiger charge is -2.08. The lowest BCUT2D eigenvalue weighted by atomic mass is 10.2. The number of amides is 1. The van der Waals surface area contributed by atoms with Crippen LogP contribution in [0.15, 0.2) is 46.3 Å². The van der Waals surface area contributed by atoms with Crippen molar-refractivity contribution >= 4 is 43.5 Å². The highest BCUT2D eigenvalue weighted by molar-refractivity contribution is 7.89. The van der Waals surface area contributed by atoms with E-state index in [1.165, 1.54) is 26.4 Å². The molecular formula is C21H23N3O7S2. The van der Waals surface area contributed by atoms with E-state index in [-0.39, 0.29) is 34.8 Å². The normalized spacial score (nSPS) is 12.1. The highest BCUT2D eigenvalue weighted by atomic mass is 32.2. The van der Waals surface area contributed by atoms with E-state index in [1.54, 1.807) is 35.8 Å². The van der Waals surface area contributed by atoms with Gasteiger partial charge in [0.25, 0.3) is 5.91 Å². The van der Waals surface area contributed by atoms with Gasteiger partial charge in [0.15, 0.2) is 4.80 Å². The number of carbonyl (C=O) groups excluding carboxylic acids is 2. The number of methoxy groups -OCH3 is 2. The zero-order chi connectivity index (χ0) is 24.2. The second-order valence-corrected chi connectivity index (χ2v) is 9.32. The molecule has 0 bridgehead atoms. The lowest BCUT2D eigenvalue weighted by Crippen LogP contribution is -2.19. The molecule has 12 heteroatoms. The number of rotatable bonds is 8. The number of ether oxygens (including phenoxy) is 3. The first-order valence-electron chi connectivity index (χ1n) is 9.80. The van der Waals surface area contributed by atoms with Crippen molar-refractivity contribution < 1.29 is 32.2 Å². The molecule has 0 aliphatic rings. The van der Waals surface area contributed by atoms with Crippen molar-refractivity contribution in [3.63, 3.8) is 0 Å². The number of hydrogen-bond acceptors (Lipinski definition) is 8. The molecule has 33 heavy (non-hydrogen) atoms. The highest BCUT2D eigenvalue weighted by Gasteiger charge is 2.17. The number of benzene rings is 2. The van der Waals surface area contributed by atoms with Crippen LogP contribution in [0.25, 0.3) is 10.2 Å². The summed E-state index contributed by atoms with van der Waals surface area (Å²) < 4.78 is 41.1. The summed E-state index contributed by atoms with van der Waals surface area (Å²) in [6, 6.07) is 9.06. The van der Waals surface area contributed by atoms with E-state index in [0.29, 0.717) is 21.7 Å². The van der Waals surface area contributed by atoms with E-state index in [1.807, 2.05) is 0 Å². The number of fused-ring (bicyclic) bond motifs is 1. The molecule has 3 aromatic rings. The Bertz CT molecular complexity index is 1370. The molecule has 0 spiro atoms. The van der Waals surface area contributed by atoms with Crippen LogP contribution in [0.3, 0.4) is 0 Å². The number of primary sulfonamides is 1. The first-order valence-corrected chi connectivity index (χ1v) is 12.2. The van der Waals surface area contributed by atoms with E-state index >= 15 is 0 Å². The minimum atomic E-state index is -3.92. The third-order valence-corrected chi connectivity index (χ3v) is 6.62. The number of nitrogens with zero attached hydrogens (tertiary/aromatic N) is 2. The van der Waals surface area contributed by atoms with E-state index < -0.39 is 21.9 Å². The van der Waals surface area contributed by atoms with Crippen LogP contribution >= 0.6 is 11.3 Å². The number of sulfonamides is 1. The average molecular weight is 494 g/mol. The quantitative estimate of drug-likeness (QED) is 0.474. The van der Waals surface area contributed by atoms with Crippen LogP contribution in [0.2, 0.25) is 0 Å². The number of hydrogen-bond donors (Lipinski definition) is 1. The molecule has 2 aromatic carbocycles. The van der Waals surface area contributed by atoms with Gasteiger partial charge < -0.3 is 18.8 Å². The number of thiazole rings is 1. The van der Waals surface area contributed by atoms with E-state index in [4.69, 9.17) is 19.3 Å². The standard InChI is InChI=1S/C21H23N3O7S2/c1-4-31-19(25)9-10-24-16-8-6-14(33(22,27)28)12-18(16)32-21(24)23-20(26)15-7-5-13(29-2)11-17(15)30-3/h5-8,11-12H,4,9-10H2,1-3H3,(H2,22,27,28). The van der Waals surface area contributed by atoms with Crippen molar-refractivity contribution in [2.45, 2.75) is 24.8 Å². The fourth-order valence-corrected chi connectivity index (χ4v) is 4.80.